The molecule has 0 aliphatic carbocycles. The van der Waals surface area contributed by atoms with Gasteiger partial charge in [0.15, 0.2) is 0 Å². The Kier molecular flexibility index (Phi) is 8.81. The summed E-state index contributed by atoms with van der Waals surface area (Å²) in [7, 11) is 1.83. The highest BCUT2D eigenvalue weighted by atomic mass is 15.3. The zero-order valence-electron chi connectivity index (χ0n) is 11.4. The second kappa shape index (κ2) is 10.8. The highest BCUT2D eigenvalue weighted by Crippen LogP contribution is 2.08. The van der Waals surface area contributed by atoms with Gasteiger partial charge in [-0.25, -0.2) is 5.43 Å². The average Bonchev–Trinajstić information content (AvgIpc) is 2.42. The van der Waals surface area contributed by atoms with Crippen molar-refractivity contribution in [3.05, 3.63) is 35.9 Å². The number of hydrogen-bond acceptors (Lipinski definition) is 2. The van der Waals surface area contributed by atoms with Crippen molar-refractivity contribution in [1.29, 1.82) is 0 Å². The molecule has 18 heavy (non-hydrogen) atoms. The second-order valence-corrected chi connectivity index (χ2v) is 4.43. The first-order valence-corrected chi connectivity index (χ1v) is 6.88. The molecular weight excluding hydrogens is 222 g/mol. The summed E-state index contributed by atoms with van der Waals surface area (Å²) in [5, 5.41) is 0. The zero-order valence-corrected chi connectivity index (χ0v) is 11.4. The van der Waals surface area contributed by atoms with E-state index in [1.165, 1.54) is 44.1 Å². The molecule has 3 nitrogen and oxygen atoms in total. The summed E-state index contributed by atoms with van der Waals surface area (Å²) >= 11 is 0. The molecule has 0 unspecified atom stereocenters. The summed E-state index contributed by atoms with van der Waals surface area (Å²) < 4.78 is 0. The topological polar surface area (TPSA) is 36.4 Å². The predicted molar refractivity (Wildman–Crippen MR) is 78.8 cm³/mol. The third-order valence-corrected chi connectivity index (χ3v) is 2.90. The molecular formula is C15H25N3. The van der Waals surface area contributed by atoms with Gasteiger partial charge in [0.25, 0.3) is 0 Å². The first kappa shape index (κ1) is 14.7. The van der Waals surface area contributed by atoms with Crippen molar-refractivity contribution in [2.45, 2.75) is 38.5 Å². The standard InChI is InChI=1S/C15H25N3/c1-16-18-14-17-13-9-4-2-3-6-10-15-11-7-5-8-12-15/h5,7-8,11-12,14,16H,2-4,6,9-10,13H2,1H3,(H,17,18). The minimum atomic E-state index is 0.924. The lowest BCUT2D eigenvalue weighted by molar-refractivity contribution is 0.618. The van der Waals surface area contributed by atoms with E-state index in [2.05, 4.69) is 46.2 Å². The van der Waals surface area contributed by atoms with Gasteiger partial charge in [-0.2, -0.15) is 0 Å². The predicted octanol–water partition coefficient (Wildman–Crippen LogP) is 2.93. The molecule has 1 aromatic carbocycles. The Balaban J connectivity index is 1.87. The Labute approximate surface area is 111 Å². The van der Waals surface area contributed by atoms with Gasteiger partial charge >= 0.3 is 0 Å². The largest absolute Gasteiger partial charge is 0.313 e. The molecule has 0 saturated heterocycles. The molecule has 0 atom stereocenters. The zero-order chi connectivity index (χ0) is 12.9. The molecule has 0 aliphatic heterocycles. The fourth-order valence-electron chi connectivity index (χ4n) is 1.88. The van der Waals surface area contributed by atoms with Crippen LogP contribution in [0.25, 0.3) is 0 Å². The molecule has 0 radical (unpaired) electrons. The molecule has 0 aliphatic rings. The maximum Gasteiger partial charge on any atom is 0.0966 e. The summed E-state index contributed by atoms with van der Waals surface area (Å²) in [6.45, 7) is 0.924. The van der Waals surface area contributed by atoms with E-state index in [-0.39, 0.29) is 0 Å². The van der Waals surface area contributed by atoms with E-state index in [4.69, 9.17) is 0 Å². The Morgan fingerprint density at radius 1 is 1.00 bits per heavy atom. The van der Waals surface area contributed by atoms with Crippen LogP contribution in [0.3, 0.4) is 0 Å². The summed E-state index contributed by atoms with van der Waals surface area (Å²) in [6, 6.07) is 10.7. The van der Waals surface area contributed by atoms with Crippen molar-refractivity contribution in [3.8, 4) is 0 Å². The number of aliphatic imine (C=N–C) groups is 1. The fourth-order valence-corrected chi connectivity index (χ4v) is 1.88. The van der Waals surface area contributed by atoms with Crippen molar-refractivity contribution in [2.24, 2.45) is 4.99 Å². The molecule has 0 heterocycles. The minimum absolute atomic E-state index is 0.924. The van der Waals surface area contributed by atoms with Crippen LogP contribution in [0.4, 0.5) is 0 Å². The van der Waals surface area contributed by atoms with Gasteiger partial charge in [0.2, 0.25) is 0 Å². The molecule has 0 aromatic heterocycles. The van der Waals surface area contributed by atoms with Crippen LogP contribution >= 0.6 is 0 Å². The average molecular weight is 247 g/mol. The third-order valence-electron chi connectivity index (χ3n) is 2.90. The Hall–Kier alpha value is -1.35. The molecule has 1 aromatic rings. The monoisotopic (exact) mass is 247 g/mol. The van der Waals surface area contributed by atoms with Crippen molar-refractivity contribution >= 4 is 6.34 Å². The van der Waals surface area contributed by atoms with Gasteiger partial charge in [0, 0.05) is 13.6 Å². The van der Waals surface area contributed by atoms with E-state index in [1.807, 2.05) is 7.05 Å². The number of rotatable bonds is 10. The van der Waals surface area contributed by atoms with E-state index >= 15 is 0 Å². The molecule has 100 valence electrons. The van der Waals surface area contributed by atoms with Crippen molar-refractivity contribution in [1.82, 2.24) is 10.9 Å². The molecule has 0 fully saturated rings. The quantitative estimate of drug-likeness (QED) is 0.289. The van der Waals surface area contributed by atoms with Gasteiger partial charge in [-0.15, -0.1) is 0 Å². The van der Waals surface area contributed by atoms with Crippen LogP contribution in [-0.2, 0) is 6.42 Å². The summed E-state index contributed by atoms with van der Waals surface area (Å²) in [5.41, 5.74) is 7.10. The number of hydrogen-bond donors (Lipinski definition) is 2. The van der Waals surface area contributed by atoms with E-state index in [1.54, 1.807) is 6.34 Å². The van der Waals surface area contributed by atoms with Crippen LogP contribution in [0.5, 0.6) is 0 Å². The van der Waals surface area contributed by atoms with Crippen molar-refractivity contribution < 1.29 is 0 Å². The number of nitrogens with zero attached hydrogens (tertiary/aromatic N) is 1. The Morgan fingerprint density at radius 3 is 2.50 bits per heavy atom. The SMILES string of the molecule is CNNC=NCCCCCCCc1ccccc1. The first-order valence-electron chi connectivity index (χ1n) is 6.88. The lowest BCUT2D eigenvalue weighted by atomic mass is 10.1. The van der Waals surface area contributed by atoms with Crippen LogP contribution in [0.1, 0.15) is 37.7 Å². The lowest BCUT2D eigenvalue weighted by Crippen LogP contribution is -2.25. The number of unbranched alkanes of at least 4 members (excludes halogenated alkanes) is 4. The first-order chi connectivity index (χ1) is 8.93. The van der Waals surface area contributed by atoms with Gasteiger partial charge in [0.05, 0.1) is 6.34 Å². The summed E-state index contributed by atoms with van der Waals surface area (Å²) in [4.78, 5) is 4.23. The van der Waals surface area contributed by atoms with Gasteiger partial charge < -0.3 is 5.43 Å². The summed E-state index contributed by atoms with van der Waals surface area (Å²) in [6.07, 6.45) is 9.35. The molecule has 1 rings (SSSR count). The maximum absolute atomic E-state index is 4.23. The molecule has 0 bridgehead atoms. The molecule has 2 N–H and O–H groups in total. The van der Waals surface area contributed by atoms with Crippen LogP contribution in [0.15, 0.2) is 35.3 Å². The van der Waals surface area contributed by atoms with Gasteiger partial charge in [-0.3, -0.25) is 4.99 Å². The van der Waals surface area contributed by atoms with Crippen LogP contribution in [0, 0.1) is 0 Å². The maximum atomic E-state index is 4.23. The van der Waals surface area contributed by atoms with Crippen LogP contribution in [0.2, 0.25) is 0 Å². The Bertz CT molecular complexity index is 309. The van der Waals surface area contributed by atoms with Gasteiger partial charge in [-0.1, -0.05) is 49.6 Å². The Morgan fingerprint density at radius 2 is 1.72 bits per heavy atom. The number of hydrazine groups is 1. The molecule has 0 amide bonds. The van der Waals surface area contributed by atoms with Gasteiger partial charge in [-0.05, 0) is 24.8 Å². The van der Waals surface area contributed by atoms with E-state index in [0.717, 1.165) is 6.54 Å². The van der Waals surface area contributed by atoms with E-state index in [0.29, 0.717) is 0 Å². The third kappa shape index (κ3) is 7.85. The highest BCUT2D eigenvalue weighted by Gasteiger charge is 1.93. The van der Waals surface area contributed by atoms with Crippen LogP contribution in [-0.4, -0.2) is 19.9 Å². The summed E-state index contributed by atoms with van der Waals surface area (Å²) in [5.74, 6) is 0. The number of aryl methyl sites for hydroxylation is 1. The second-order valence-electron chi connectivity index (χ2n) is 4.43. The fraction of sp³-hybridized carbons (Fsp3) is 0.533. The number of nitrogens with one attached hydrogen (secondary N) is 2. The molecule has 3 heteroatoms. The smallest absolute Gasteiger partial charge is 0.0966 e. The van der Waals surface area contributed by atoms with Crippen molar-refractivity contribution in [3.63, 3.8) is 0 Å². The lowest BCUT2D eigenvalue weighted by Gasteiger charge is -2.01. The van der Waals surface area contributed by atoms with Crippen molar-refractivity contribution in [2.75, 3.05) is 13.6 Å². The minimum Gasteiger partial charge on any atom is -0.313 e. The van der Waals surface area contributed by atoms with E-state index in [9.17, 15) is 0 Å². The normalized spacial score (nSPS) is 10.9. The van der Waals surface area contributed by atoms with Crippen LogP contribution < -0.4 is 10.9 Å². The highest BCUT2D eigenvalue weighted by molar-refractivity contribution is 5.53. The van der Waals surface area contributed by atoms with E-state index < -0.39 is 0 Å². The molecule has 0 saturated carbocycles. The molecule has 0 spiro atoms. The van der Waals surface area contributed by atoms with Gasteiger partial charge in [0.1, 0.15) is 0 Å². The number of benzene rings is 1.